The number of carbonyl (C=O) groups excluding carboxylic acids is 1. The molecule has 0 aliphatic heterocycles. The van der Waals surface area contributed by atoms with Crippen LogP contribution in [0.25, 0.3) is 0 Å². The summed E-state index contributed by atoms with van der Waals surface area (Å²) in [5.74, 6) is -0.653. The van der Waals surface area contributed by atoms with Crippen molar-refractivity contribution in [3.8, 4) is 0 Å². The summed E-state index contributed by atoms with van der Waals surface area (Å²) < 4.78 is 31.4. The predicted molar refractivity (Wildman–Crippen MR) is 68.1 cm³/mol. The maximum Gasteiger partial charge on any atom is 0.265 e. The summed E-state index contributed by atoms with van der Waals surface area (Å²) in [6.45, 7) is 1.75. The van der Waals surface area contributed by atoms with Crippen LogP contribution in [-0.4, -0.2) is 35.2 Å². The second-order valence-electron chi connectivity index (χ2n) is 5.27. The molecule has 4 nitrogen and oxygen atoms in total. The van der Waals surface area contributed by atoms with E-state index >= 15 is 0 Å². The number of rotatable bonds is 3. The molecule has 0 saturated heterocycles. The molecule has 7 heteroatoms. The third-order valence-electron chi connectivity index (χ3n) is 4.58. The van der Waals surface area contributed by atoms with Crippen molar-refractivity contribution in [2.75, 3.05) is 11.1 Å². The number of Topliss-reactive ketones (excluding diaryl/α,β-unsaturated/α-hetero) is 1. The van der Waals surface area contributed by atoms with Gasteiger partial charge in [0.25, 0.3) is 10.1 Å². The van der Waals surface area contributed by atoms with Gasteiger partial charge in [0.05, 0.1) is 11.1 Å². The van der Waals surface area contributed by atoms with Gasteiger partial charge in [-0.3, -0.25) is 9.35 Å². The van der Waals surface area contributed by atoms with Crippen LogP contribution in [0, 0.1) is 16.7 Å². The van der Waals surface area contributed by atoms with E-state index in [-0.39, 0.29) is 11.7 Å². The zero-order valence-electron chi connectivity index (χ0n) is 9.32. The zero-order chi connectivity index (χ0) is 13.1. The van der Waals surface area contributed by atoms with Crippen LogP contribution in [0.5, 0.6) is 0 Å². The first kappa shape index (κ1) is 13.8. The lowest BCUT2D eigenvalue weighted by Crippen LogP contribution is -2.44. The highest BCUT2D eigenvalue weighted by atomic mass is 79.9. The average Bonchev–Trinajstić information content (AvgIpc) is 2.52. The molecule has 17 heavy (non-hydrogen) atoms. The molecule has 2 rings (SSSR count). The number of fused-ring (bicyclic) bond motifs is 2. The summed E-state index contributed by atoms with van der Waals surface area (Å²) in [5, 5.41) is -0.238. The van der Waals surface area contributed by atoms with E-state index in [0.717, 1.165) is 6.42 Å². The molecule has 0 aromatic rings. The van der Waals surface area contributed by atoms with Crippen LogP contribution >= 0.6 is 27.5 Å². The number of alkyl halides is 2. The Bertz CT molecular complexity index is 465. The standard InChI is InChI=1S/C10H14BrClO4S/c1-9(5-17(14,15)16)6-2-3-10(9,4-11)8(13)7(6)12/h6-7H,2-5H2,1H3,(H,14,15,16). The second-order valence-corrected chi connectivity index (χ2v) is 7.75. The minimum absolute atomic E-state index is 0.0848. The molecule has 98 valence electrons. The first-order valence-corrected chi connectivity index (χ1v) is 8.54. The van der Waals surface area contributed by atoms with Gasteiger partial charge in [-0.15, -0.1) is 11.6 Å². The average molecular weight is 346 g/mol. The van der Waals surface area contributed by atoms with Crippen LogP contribution in [0.15, 0.2) is 0 Å². The van der Waals surface area contributed by atoms with Crippen LogP contribution in [0.2, 0.25) is 0 Å². The summed E-state index contributed by atoms with van der Waals surface area (Å²) in [4.78, 5) is 12.2. The highest BCUT2D eigenvalue weighted by Crippen LogP contribution is 2.66. The third-order valence-corrected chi connectivity index (χ3v) is 7.00. The molecule has 2 fully saturated rings. The smallest absolute Gasteiger partial charge is 0.265 e. The van der Waals surface area contributed by atoms with E-state index in [9.17, 15) is 13.2 Å². The Hall–Kier alpha value is 0.350. The maximum atomic E-state index is 12.2. The quantitative estimate of drug-likeness (QED) is 0.626. The van der Waals surface area contributed by atoms with Gasteiger partial charge in [0.15, 0.2) is 5.78 Å². The molecule has 0 aromatic heterocycles. The van der Waals surface area contributed by atoms with Gasteiger partial charge in [0, 0.05) is 16.2 Å². The second kappa shape index (κ2) is 3.92. The van der Waals surface area contributed by atoms with Gasteiger partial charge in [-0.25, -0.2) is 0 Å². The number of hydrogen-bond donors (Lipinski definition) is 1. The summed E-state index contributed by atoms with van der Waals surface area (Å²) in [6.07, 6.45) is 1.37. The number of carbonyl (C=O) groups is 1. The fourth-order valence-electron chi connectivity index (χ4n) is 3.59. The van der Waals surface area contributed by atoms with Gasteiger partial charge in [0.1, 0.15) is 0 Å². The van der Waals surface area contributed by atoms with E-state index in [0.29, 0.717) is 11.8 Å². The molecule has 0 amide bonds. The Kier molecular flexibility index (Phi) is 3.18. The Morgan fingerprint density at radius 2 is 2.18 bits per heavy atom. The lowest BCUT2D eigenvalue weighted by atomic mass is 9.70. The highest BCUT2D eigenvalue weighted by Gasteiger charge is 2.70. The first-order chi connectivity index (χ1) is 7.68. The van der Waals surface area contributed by atoms with Gasteiger partial charge < -0.3 is 0 Å². The predicted octanol–water partition coefficient (Wildman–Crippen LogP) is 1.86. The van der Waals surface area contributed by atoms with Crippen molar-refractivity contribution in [1.82, 2.24) is 0 Å². The lowest BCUT2D eigenvalue weighted by molar-refractivity contribution is -0.127. The highest BCUT2D eigenvalue weighted by molar-refractivity contribution is 9.09. The van der Waals surface area contributed by atoms with Crippen molar-refractivity contribution in [3.63, 3.8) is 0 Å². The van der Waals surface area contributed by atoms with E-state index in [1.165, 1.54) is 0 Å². The van der Waals surface area contributed by atoms with Crippen LogP contribution < -0.4 is 0 Å². The molecule has 4 unspecified atom stereocenters. The Labute approximate surface area is 114 Å². The van der Waals surface area contributed by atoms with Crippen molar-refractivity contribution in [1.29, 1.82) is 0 Å². The maximum absolute atomic E-state index is 12.2. The minimum atomic E-state index is -4.12. The number of ketones is 1. The molecule has 0 heterocycles. The Balaban J connectivity index is 2.50. The molecule has 0 spiro atoms. The van der Waals surface area contributed by atoms with Gasteiger partial charge in [-0.1, -0.05) is 22.9 Å². The third kappa shape index (κ3) is 1.71. The van der Waals surface area contributed by atoms with Crippen molar-refractivity contribution < 1.29 is 17.8 Å². The molecule has 2 aliphatic carbocycles. The van der Waals surface area contributed by atoms with Crippen LogP contribution in [0.3, 0.4) is 0 Å². The minimum Gasteiger partial charge on any atom is -0.297 e. The van der Waals surface area contributed by atoms with Gasteiger partial charge >= 0.3 is 0 Å². The Morgan fingerprint density at radius 3 is 2.65 bits per heavy atom. The van der Waals surface area contributed by atoms with Gasteiger partial charge in [-0.2, -0.15) is 8.42 Å². The van der Waals surface area contributed by atoms with E-state index in [2.05, 4.69) is 15.9 Å². The lowest BCUT2D eigenvalue weighted by Gasteiger charge is -2.36. The monoisotopic (exact) mass is 344 g/mol. The molecule has 0 radical (unpaired) electrons. The summed E-state index contributed by atoms with van der Waals surface area (Å²) in [5.41, 5.74) is -1.52. The topological polar surface area (TPSA) is 71.4 Å². The zero-order valence-corrected chi connectivity index (χ0v) is 12.5. The van der Waals surface area contributed by atoms with Crippen LogP contribution in [0.4, 0.5) is 0 Å². The molecule has 0 aromatic carbocycles. The summed E-state index contributed by atoms with van der Waals surface area (Å²) in [7, 11) is -4.12. The van der Waals surface area contributed by atoms with Crippen molar-refractivity contribution in [3.05, 3.63) is 0 Å². The summed E-state index contributed by atoms with van der Waals surface area (Å²) >= 11 is 9.41. The molecular formula is C10H14BrClO4S. The number of halogens is 2. The fourth-order valence-corrected chi connectivity index (χ4v) is 6.65. The van der Waals surface area contributed by atoms with E-state index in [1.807, 2.05) is 0 Å². The van der Waals surface area contributed by atoms with Gasteiger partial charge in [-0.05, 0) is 18.8 Å². The van der Waals surface area contributed by atoms with Gasteiger partial charge in [0.2, 0.25) is 0 Å². The molecular weight excluding hydrogens is 332 g/mol. The first-order valence-electron chi connectivity index (χ1n) is 5.37. The fraction of sp³-hybridized carbons (Fsp3) is 0.900. The molecule has 4 atom stereocenters. The van der Waals surface area contributed by atoms with Crippen molar-refractivity contribution >= 4 is 43.4 Å². The molecule has 2 saturated carbocycles. The van der Waals surface area contributed by atoms with Crippen molar-refractivity contribution in [2.45, 2.75) is 25.1 Å². The van der Waals surface area contributed by atoms with Crippen molar-refractivity contribution in [2.24, 2.45) is 16.7 Å². The van der Waals surface area contributed by atoms with Crippen LogP contribution in [0.1, 0.15) is 19.8 Å². The SMILES string of the molecule is CC1(CS(=O)(=O)O)C2CCC1(CBr)C(=O)C2Cl. The van der Waals surface area contributed by atoms with E-state index < -0.39 is 32.1 Å². The molecule has 1 N–H and O–H groups in total. The molecule has 2 aliphatic rings. The summed E-state index contributed by atoms with van der Waals surface area (Å²) in [6, 6.07) is 0. The normalized spacial score (nSPS) is 45.5. The largest absolute Gasteiger partial charge is 0.297 e. The van der Waals surface area contributed by atoms with E-state index in [1.54, 1.807) is 6.92 Å². The van der Waals surface area contributed by atoms with Crippen LogP contribution in [-0.2, 0) is 14.9 Å². The number of hydrogen-bond acceptors (Lipinski definition) is 3. The van der Waals surface area contributed by atoms with E-state index in [4.69, 9.17) is 16.2 Å². The molecule has 2 bridgehead atoms. The Morgan fingerprint density at radius 1 is 1.59 bits per heavy atom.